The molecule has 0 aliphatic carbocycles. The first kappa shape index (κ1) is 16.2. The highest BCUT2D eigenvalue weighted by Gasteiger charge is 2.31. The van der Waals surface area contributed by atoms with Crippen molar-refractivity contribution in [2.24, 2.45) is 5.92 Å². The fourth-order valence-electron chi connectivity index (χ4n) is 2.63. The number of furan rings is 1. The number of sulfonamides is 1. The Morgan fingerprint density at radius 1 is 1.26 bits per heavy atom. The summed E-state index contributed by atoms with van der Waals surface area (Å²) in [6.07, 6.45) is 1.92. The van der Waals surface area contributed by atoms with Crippen molar-refractivity contribution in [2.45, 2.75) is 44.6 Å². The average molecular weight is 339 g/mol. The van der Waals surface area contributed by atoms with Crippen molar-refractivity contribution in [2.75, 3.05) is 13.1 Å². The Morgan fingerprint density at radius 3 is 2.70 bits per heavy atom. The van der Waals surface area contributed by atoms with Crippen LogP contribution in [0.1, 0.15) is 45.4 Å². The lowest BCUT2D eigenvalue weighted by Gasteiger charge is -2.29. The second kappa shape index (κ2) is 6.09. The molecular weight excluding hydrogens is 318 g/mol. The quantitative estimate of drug-likeness (QED) is 0.851. The van der Waals surface area contributed by atoms with Gasteiger partial charge in [0.25, 0.3) is 15.9 Å². The van der Waals surface area contributed by atoms with Gasteiger partial charge in [0, 0.05) is 19.0 Å². The van der Waals surface area contributed by atoms with E-state index >= 15 is 0 Å². The lowest BCUT2D eigenvalue weighted by Crippen LogP contribution is -2.38. The maximum Gasteiger partial charge on any atom is 0.283 e. The van der Waals surface area contributed by atoms with Crippen LogP contribution in [0.15, 0.2) is 26.1 Å². The van der Waals surface area contributed by atoms with Crippen molar-refractivity contribution in [3.63, 3.8) is 0 Å². The van der Waals surface area contributed by atoms with E-state index in [4.69, 9.17) is 8.83 Å². The van der Waals surface area contributed by atoms with Crippen LogP contribution in [0.3, 0.4) is 0 Å². The third-order valence-corrected chi connectivity index (χ3v) is 5.68. The van der Waals surface area contributed by atoms with E-state index in [2.05, 4.69) is 17.1 Å². The van der Waals surface area contributed by atoms with Crippen molar-refractivity contribution in [3.05, 3.63) is 18.0 Å². The molecule has 3 rings (SSSR count). The Morgan fingerprint density at radius 2 is 2.04 bits per heavy atom. The van der Waals surface area contributed by atoms with Crippen LogP contribution in [-0.2, 0) is 10.0 Å². The molecule has 1 aliphatic rings. The minimum absolute atomic E-state index is 0.0779. The van der Waals surface area contributed by atoms with E-state index in [-0.39, 0.29) is 22.7 Å². The number of aromatic nitrogens is 2. The predicted molar refractivity (Wildman–Crippen MR) is 83.2 cm³/mol. The maximum atomic E-state index is 12.7. The van der Waals surface area contributed by atoms with Gasteiger partial charge in [-0.05, 0) is 30.9 Å². The van der Waals surface area contributed by atoms with E-state index in [1.54, 1.807) is 6.07 Å². The molecule has 2 aromatic heterocycles. The zero-order valence-corrected chi connectivity index (χ0v) is 14.3. The summed E-state index contributed by atoms with van der Waals surface area (Å²) in [5.74, 6) is 1.42. The molecule has 0 N–H and O–H groups in total. The highest BCUT2D eigenvalue weighted by molar-refractivity contribution is 7.89. The summed E-state index contributed by atoms with van der Waals surface area (Å²) >= 11 is 0. The van der Waals surface area contributed by atoms with Crippen LogP contribution >= 0.6 is 0 Å². The first-order chi connectivity index (χ1) is 10.9. The zero-order chi connectivity index (χ0) is 16.6. The summed E-state index contributed by atoms with van der Waals surface area (Å²) in [5, 5.41) is 7.76. The number of rotatable bonds is 4. The van der Waals surface area contributed by atoms with Gasteiger partial charge < -0.3 is 8.83 Å². The van der Waals surface area contributed by atoms with Crippen molar-refractivity contribution in [3.8, 4) is 11.7 Å². The molecule has 8 heteroatoms. The van der Waals surface area contributed by atoms with Gasteiger partial charge in [-0.3, -0.25) is 0 Å². The van der Waals surface area contributed by atoms with Crippen LogP contribution in [0.2, 0.25) is 0 Å². The van der Waals surface area contributed by atoms with Crippen molar-refractivity contribution >= 4 is 10.0 Å². The molecule has 1 fully saturated rings. The SMILES string of the molecule is CC(C)c1nnc(-c2ccc(S(=O)(=O)N3CCC[C@@H](C)C3)o2)o1. The van der Waals surface area contributed by atoms with E-state index in [0.717, 1.165) is 12.8 Å². The minimum Gasteiger partial charge on any atom is -0.438 e. The van der Waals surface area contributed by atoms with Gasteiger partial charge in [-0.2, -0.15) is 4.31 Å². The summed E-state index contributed by atoms with van der Waals surface area (Å²) < 4.78 is 37.8. The molecule has 2 aromatic rings. The molecule has 0 amide bonds. The van der Waals surface area contributed by atoms with E-state index in [1.807, 2.05) is 13.8 Å². The summed E-state index contributed by atoms with van der Waals surface area (Å²) in [4.78, 5) is 0. The van der Waals surface area contributed by atoms with Crippen LogP contribution in [0.5, 0.6) is 0 Å². The number of piperidine rings is 1. The molecule has 3 heterocycles. The normalized spacial score (nSPS) is 20.3. The Kier molecular flexibility index (Phi) is 4.29. The molecule has 0 spiro atoms. The predicted octanol–water partition coefficient (Wildman–Crippen LogP) is 2.87. The maximum absolute atomic E-state index is 12.7. The Labute approximate surface area is 135 Å². The smallest absolute Gasteiger partial charge is 0.283 e. The van der Waals surface area contributed by atoms with Gasteiger partial charge >= 0.3 is 0 Å². The second-order valence-electron chi connectivity index (χ2n) is 6.33. The van der Waals surface area contributed by atoms with Gasteiger partial charge in [0.1, 0.15) is 0 Å². The van der Waals surface area contributed by atoms with Gasteiger partial charge in [-0.15, -0.1) is 10.2 Å². The van der Waals surface area contributed by atoms with E-state index in [9.17, 15) is 8.42 Å². The zero-order valence-electron chi connectivity index (χ0n) is 13.5. The van der Waals surface area contributed by atoms with E-state index in [0.29, 0.717) is 24.9 Å². The molecule has 0 unspecified atom stereocenters. The lowest BCUT2D eigenvalue weighted by molar-refractivity contribution is 0.275. The van der Waals surface area contributed by atoms with Crippen LogP contribution in [0, 0.1) is 5.92 Å². The number of hydrogen-bond donors (Lipinski definition) is 0. The van der Waals surface area contributed by atoms with Crippen molar-refractivity contribution < 1.29 is 17.3 Å². The molecule has 1 aliphatic heterocycles. The fraction of sp³-hybridized carbons (Fsp3) is 0.600. The molecular formula is C15H21N3O4S. The molecule has 23 heavy (non-hydrogen) atoms. The topological polar surface area (TPSA) is 89.4 Å². The number of hydrogen-bond acceptors (Lipinski definition) is 6. The minimum atomic E-state index is -3.61. The highest BCUT2D eigenvalue weighted by Crippen LogP contribution is 2.29. The van der Waals surface area contributed by atoms with Gasteiger partial charge in [0.15, 0.2) is 5.76 Å². The Balaban J connectivity index is 1.85. The van der Waals surface area contributed by atoms with Crippen LogP contribution in [-0.4, -0.2) is 36.0 Å². The standard InChI is InChI=1S/C15H21N3O4S/c1-10(2)14-16-17-15(22-14)12-6-7-13(21-12)23(19,20)18-8-4-5-11(3)9-18/h6-7,10-11H,4-5,8-9H2,1-3H3/t11-/m1/s1. The molecule has 1 atom stereocenters. The van der Waals surface area contributed by atoms with E-state index in [1.165, 1.54) is 10.4 Å². The average Bonchev–Trinajstić information content (AvgIpc) is 3.16. The Bertz CT molecular complexity index is 778. The lowest BCUT2D eigenvalue weighted by atomic mass is 10.0. The molecule has 126 valence electrons. The summed E-state index contributed by atoms with van der Waals surface area (Å²) in [6, 6.07) is 3.00. The van der Waals surface area contributed by atoms with Crippen molar-refractivity contribution in [1.82, 2.24) is 14.5 Å². The van der Waals surface area contributed by atoms with E-state index < -0.39 is 10.0 Å². The fourth-order valence-corrected chi connectivity index (χ4v) is 4.14. The van der Waals surface area contributed by atoms with Gasteiger partial charge in [0.2, 0.25) is 11.0 Å². The summed E-state index contributed by atoms with van der Waals surface area (Å²) in [5.41, 5.74) is 0. The van der Waals surface area contributed by atoms with Gasteiger partial charge in [0.05, 0.1) is 0 Å². The largest absolute Gasteiger partial charge is 0.438 e. The summed E-state index contributed by atoms with van der Waals surface area (Å²) in [7, 11) is -3.61. The van der Waals surface area contributed by atoms with Gasteiger partial charge in [-0.25, -0.2) is 8.42 Å². The van der Waals surface area contributed by atoms with Crippen LogP contribution in [0.4, 0.5) is 0 Å². The molecule has 0 bridgehead atoms. The van der Waals surface area contributed by atoms with Crippen LogP contribution in [0.25, 0.3) is 11.7 Å². The third kappa shape index (κ3) is 3.18. The Hall–Kier alpha value is -1.67. The van der Waals surface area contributed by atoms with Crippen LogP contribution < -0.4 is 0 Å². The molecule has 0 radical (unpaired) electrons. The first-order valence-electron chi connectivity index (χ1n) is 7.81. The molecule has 7 nitrogen and oxygen atoms in total. The van der Waals surface area contributed by atoms with Gasteiger partial charge in [-0.1, -0.05) is 20.8 Å². The summed E-state index contributed by atoms with van der Waals surface area (Å²) in [6.45, 7) is 6.98. The highest BCUT2D eigenvalue weighted by atomic mass is 32.2. The number of nitrogens with zero attached hydrogens (tertiary/aromatic N) is 3. The molecule has 1 saturated heterocycles. The van der Waals surface area contributed by atoms with Crippen molar-refractivity contribution in [1.29, 1.82) is 0 Å². The molecule has 0 aromatic carbocycles. The second-order valence-corrected chi connectivity index (χ2v) is 8.20. The third-order valence-electron chi connectivity index (χ3n) is 3.94. The first-order valence-corrected chi connectivity index (χ1v) is 9.25. The monoisotopic (exact) mass is 339 g/mol. The molecule has 0 saturated carbocycles.